The van der Waals surface area contributed by atoms with Gasteiger partial charge in [0.05, 0.1) is 10.7 Å². The maximum Gasteiger partial charge on any atom is 0.255 e. The highest BCUT2D eigenvalue weighted by Gasteiger charge is 2.13. The molecule has 0 saturated heterocycles. The average molecular weight is 394 g/mol. The Kier molecular flexibility index (Phi) is 5.96. The molecule has 0 spiro atoms. The van der Waals surface area contributed by atoms with Crippen molar-refractivity contribution in [2.75, 3.05) is 29.6 Å². The molecule has 142 valence electrons. The van der Waals surface area contributed by atoms with Crippen molar-refractivity contribution < 1.29 is 9.59 Å². The first-order chi connectivity index (χ1) is 13.4. The Bertz CT molecular complexity index is 1000. The second-order valence-corrected chi connectivity index (χ2v) is 6.82. The van der Waals surface area contributed by atoms with Crippen LogP contribution in [0, 0.1) is 0 Å². The van der Waals surface area contributed by atoms with Crippen molar-refractivity contribution in [2.45, 2.75) is 0 Å². The van der Waals surface area contributed by atoms with Gasteiger partial charge in [0.2, 0.25) is 0 Å². The number of amides is 2. The molecule has 2 amide bonds. The normalized spacial score (nSPS) is 10.2. The lowest BCUT2D eigenvalue weighted by Crippen LogP contribution is -2.16. The van der Waals surface area contributed by atoms with Gasteiger partial charge in [0.25, 0.3) is 11.8 Å². The molecule has 3 rings (SSSR count). The minimum atomic E-state index is -0.300. The molecule has 0 atom stereocenters. The Morgan fingerprint density at radius 2 is 1.46 bits per heavy atom. The minimum absolute atomic E-state index is 0.284. The highest BCUT2D eigenvalue weighted by molar-refractivity contribution is 6.34. The van der Waals surface area contributed by atoms with Crippen molar-refractivity contribution in [3.63, 3.8) is 0 Å². The standard InChI is InChI=1S/C22H20ClN3O2/c1-26(2)18-10-6-7-15(13-18)22(28)25-20-14-16(11-12-19(20)23)21(27)24-17-8-4-3-5-9-17/h3-14H,1-2H3,(H,24,27)(H,25,28). The number of para-hydroxylation sites is 1. The summed E-state index contributed by atoms with van der Waals surface area (Å²) in [7, 11) is 3.81. The molecule has 0 aliphatic carbocycles. The molecule has 2 N–H and O–H groups in total. The maximum absolute atomic E-state index is 12.6. The summed E-state index contributed by atoms with van der Waals surface area (Å²) in [5.74, 6) is -0.584. The maximum atomic E-state index is 12.6. The number of carbonyl (C=O) groups excluding carboxylic acids is 2. The predicted molar refractivity (Wildman–Crippen MR) is 115 cm³/mol. The van der Waals surface area contributed by atoms with E-state index in [0.717, 1.165) is 5.69 Å². The fourth-order valence-corrected chi connectivity index (χ4v) is 2.77. The lowest BCUT2D eigenvalue weighted by atomic mass is 10.1. The van der Waals surface area contributed by atoms with E-state index in [-0.39, 0.29) is 11.8 Å². The van der Waals surface area contributed by atoms with Gasteiger partial charge in [-0.1, -0.05) is 35.9 Å². The van der Waals surface area contributed by atoms with Crippen LogP contribution < -0.4 is 15.5 Å². The van der Waals surface area contributed by atoms with E-state index in [1.807, 2.05) is 49.3 Å². The molecule has 3 aromatic rings. The zero-order chi connectivity index (χ0) is 20.1. The molecule has 0 bridgehead atoms. The van der Waals surface area contributed by atoms with E-state index in [1.54, 1.807) is 42.5 Å². The lowest BCUT2D eigenvalue weighted by molar-refractivity contribution is 0.101. The summed E-state index contributed by atoms with van der Waals surface area (Å²) in [5, 5.41) is 5.95. The van der Waals surface area contributed by atoms with Crippen LogP contribution in [0.1, 0.15) is 20.7 Å². The van der Waals surface area contributed by atoms with E-state index < -0.39 is 0 Å². The van der Waals surface area contributed by atoms with Crippen LogP contribution in [0.3, 0.4) is 0 Å². The Morgan fingerprint density at radius 1 is 0.786 bits per heavy atom. The van der Waals surface area contributed by atoms with E-state index in [0.29, 0.717) is 27.5 Å². The number of halogens is 1. The number of carbonyl (C=O) groups is 2. The fraction of sp³-hybridized carbons (Fsp3) is 0.0909. The quantitative estimate of drug-likeness (QED) is 0.647. The summed E-state index contributed by atoms with van der Waals surface area (Å²) in [6, 6.07) is 21.2. The molecule has 6 heteroatoms. The van der Waals surface area contributed by atoms with Crippen LogP contribution in [-0.2, 0) is 0 Å². The minimum Gasteiger partial charge on any atom is -0.378 e. The van der Waals surface area contributed by atoms with Crippen molar-refractivity contribution in [2.24, 2.45) is 0 Å². The van der Waals surface area contributed by atoms with Crippen LogP contribution in [0.5, 0.6) is 0 Å². The molecule has 5 nitrogen and oxygen atoms in total. The molecular formula is C22H20ClN3O2. The highest BCUT2D eigenvalue weighted by atomic mass is 35.5. The lowest BCUT2D eigenvalue weighted by Gasteiger charge is -2.14. The summed E-state index contributed by atoms with van der Waals surface area (Å²) in [6.07, 6.45) is 0. The van der Waals surface area contributed by atoms with Gasteiger partial charge in [-0.15, -0.1) is 0 Å². The van der Waals surface area contributed by atoms with Crippen molar-refractivity contribution in [1.29, 1.82) is 0 Å². The topological polar surface area (TPSA) is 61.4 Å². The summed E-state index contributed by atoms with van der Waals surface area (Å²) in [6.45, 7) is 0. The first kappa shape index (κ1) is 19.5. The van der Waals surface area contributed by atoms with Gasteiger partial charge in [0.15, 0.2) is 0 Å². The first-order valence-corrected chi connectivity index (χ1v) is 9.06. The van der Waals surface area contributed by atoms with Crippen LogP contribution in [0.2, 0.25) is 5.02 Å². The molecule has 28 heavy (non-hydrogen) atoms. The summed E-state index contributed by atoms with van der Waals surface area (Å²) < 4.78 is 0. The molecule has 3 aromatic carbocycles. The largest absolute Gasteiger partial charge is 0.378 e. The van der Waals surface area contributed by atoms with Gasteiger partial charge < -0.3 is 15.5 Å². The average Bonchev–Trinajstić information content (AvgIpc) is 2.70. The summed E-state index contributed by atoms with van der Waals surface area (Å²) in [4.78, 5) is 27.0. The van der Waals surface area contributed by atoms with Gasteiger partial charge in [0.1, 0.15) is 0 Å². The first-order valence-electron chi connectivity index (χ1n) is 8.69. The molecular weight excluding hydrogens is 374 g/mol. The molecule has 0 aliphatic heterocycles. The number of anilines is 3. The third-order valence-electron chi connectivity index (χ3n) is 4.13. The number of nitrogens with one attached hydrogen (secondary N) is 2. The second kappa shape index (κ2) is 8.59. The van der Waals surface area contributed by atoms with E-state index >= 15 is 0 Å². The van der Waals surface area contributed by atoms with Crippen LogP contribution >= 0.6 is 11.6 Å². The molecule has 0 fully saturated rings. The Morgan fingerprint density at radius 3 is 2.18 bits per heavy atom. The number of rotatable bonds is 5. The Labute approximate surface area is 168 Å². The zero-order valence-electron chi connectivity index (χ0n) is 15.6. The van der Waals surface area contributed by atoms with E-state index in [9.17, 15) is 9.59 Å². The molecule has 0 unspecified atom stereocenters. The Hall–Kier alpha value is -3.31. The molecule has 0 radical (unpaired) electrons. The number of hydrogen-bond acceptors (Lipinski definition) is 3. The third-order valence-corrected chi connectivity index (χ3v) is 4.46. The molecule has 0 aromatic heterocycles. The highest BCUT2D eigenvalue weighted by Crippen LogP contribution is 2.25. The van der Waals surface area contributed by atoms with E-state index in [1.165, 1.54) is 0 Å². The van der Waals surface area contributed by atoms with Gasteiger partial charge >= 0.3 is 0 Å². The van der Waals surface area contributed by atoms with Crippen molar-refractivity contribution in [3.05, 3.63) is 88.9 Å². The second-order valence-electron chi connectivity index (χ2n) is 6.41. The molecule has 0 aliphatic rings. The fourth-order valence-electron chi connectivity index (χ4n) is 2.61. The van der Waals surface area contributed by atoms with Crippen LogP contribution in [0.15, 0.2) is 72.8 Å². The molecule has 0 heterocycles. The van der Waals surface area contributed by atoms with Gasteiger partial charge in [-0.05, 0) is 48.5 Å². The van der Waals surface area contributed by atoms with Gasteiger partial charge in [-0.3, -0.25) is 9.59 Å². The van der Waals surface area contributed by atoms with E-state index in [4.69, 9.17) is 11.6 Å². The van der Waals surface area contributed by atoms with Crippen LogP contribution in [0.25, 0.3) is 0 Å². The van der Waals surface area contributed by atoms with E-state index in [2.05, 4.69) is 10.6 Å². The third kappa shape index (κ3) is 4.69. The van der Waals surface area contributed by atoms with Crippen molar-refractivity contribution in [1.82, 2.24) is 0 Å². The summed E-state index contributed by atoms with van der Waals surface area (Å²) in [5.41, 5.74) is 2.87. The number of hydrogen-bond donors (Lipinski definition) is 2. The van der Waals surface area contributed by atoms with Crippen molar-refractivity contribution >= 4 is 40.5 Å². The Balaban J connectivity index is 1.79. The smallest absolute Gasteiger partial charge is 0.255 e. The SMILES string of the molecule is CN(C)c1cccc(C(=O)Nc2cc(C(=O)Nc3ccccc3)ccc2Cl)c1. The monoisotopic (exact) mass is 393 g/mol. The van der Waals surface area contributed by atoms with Gasteiger partial charge in [-0.2, -0.15) is 0 Å². The van der Waals surface area contributed by atoms with Gasteiger partial charge in [-0.25, -0.2) is 0 Å². The van der Waals surface area contributed by atoms with Gasteiger partial charge in [0, 0.05) is 36.6 Å². The predicted octanol–water partition coefficient (Wildman–Crippen LogP) is 4.91. The van der Waals surface area contributed by atoms with Crippen LogP contribution in [-0.4, -0.2) is 25.9 Å². The molecule has 0 saturated carbocycles. The van der Waals surface area contributed by atoms with Crippen LogP contribution in [0.4, 0.5) is 17.1 Å². The summed E-state index contributed by atoms with van der Waals surface area (Å²) >= 11 is 6.22. The number of benzene rings is 3. The zero-order valence-corrected chi connectivity index (χ0v) is 16.3. The van der Waals surface area contributed by atoms with Crippen molar-refractivity contribution in [3.8, 4) is 0 Å². The number of nitrogens with zero attached hydrogens (tertiary/aromatic N) is 1.